The topological polar surface area (TPSA) is 52.6 Å². The molecule has 0 unspecified atom stereocenters. The Kier molecular flexibility index (Phi) is 25.3. The van der Waals surface area contributed by atoms with E-state index in [1.165, 1.54) is 128 Å². The zero-order valence-electron chi connectivity index (χ0n) is 29.5. The second-order valence-corrected chi connectivity index (χ2v) is 14.7. The third-order valence-electron chi connectivity index (χ3n) is 9.56. The van der Waals surface area contributed by atoms with Gasteiger partial charge < -0.3 is 9.47 Å². The van der Waals surface area contributed by atoms with Crippen molar-refractivity contribution in [2.45, 2.75) is 207 Å². The van der Waals surface area contributed by atoms with E-state index in [1.807, 2.05) is 0 Å². The lowest BCUT2D eigenvalue weighted by Crippen LogP contribution is -2.40. The molecule has 0 saturated heterocycles. The first kappa shape index (κ1) is 40.0. The molecule has 0 aromatic heterocycles. The lowest BCUT2D eigenvalue weighted by atomic mass is 9.86. The zero-order valence-corrected chi connectivity index (χ0v) is 29.5. The van der Waals surface area contributed by atoms with E-state index in [9.17, 15) is 9.59 Å². The van der Waals surface area contributed by atoms with E-state index >= 15 is 0 Å². The van der Waals surface area contributed by atoms with Gasteiger partial charge in [-0.2, -0.15) is 0 Å². The van der Waals surface area contributed by atoms with Crippen molar-refractivity contribution in [3.63, 3.8) is 0 Å². The molecule has 1 rings (SSSR count). The molecule has 1 aliphatic rings. The van der Waals surface area contributed by atoms with Gasteiger partial charge >= 0.3 is 11.9 Å². The summed E-state index contributed by atoms with van der Waals surface area (Å²) in [5, 5.41) is 0. The molecule has 0 bridgehead atoms. The fourth-order valence-electron chi connectivity index (χ4n) is 6.57. The van der Waals surface area contributed by atoms with Gasteiger partial charge in [-0.05, 0) is 37.5 Å². The van der Waals surface area contributed by atoms with E-state index in [-0.39, 0.29) is 11.9 Å². The Hall–Kier alpha value is -1.06. The van der Waals surface area contributed by atoms with Gasteiger partial charge in [-0.1, -0.05) is 182 Å². The Bertz CT molecular complexity index is 600. The first-order valence-electron chi connectivity index (χ1n) is 19.2. The van der Waals surface area contributed by atoms with Crippen LogP contribution in [0, 0.1) is 17.3 Å². The maximum Gasteiger partial charge on any atom is 0.323 e. The maximum atomic E-state index is 13.0. The average Bonchev–Trinajstić information content (AvgIpc) is 3.48. The van der Waals surface area contributed by atoms with Crippen LogP contribution in [-0.4, -0.2) is 25.2 Å². The summed E-state index contributed by atoms with van der Waals surface area (Å²) in [7, 11) is 0. The third-order valence-corrected chi connectivity index (χ3v) is 9.56. The molecule has 43 heavy (non-hydrogen) atoms. The number of hydrogen-bond acceptors (Lipinski definition) is 4. The van der Waals surface area contributed by atoms with E-state index < -0.39 is 5.41 Å². The third kappa shape index (κ3) is 21.3. The fraction of sp³-hybridized carbons (Fsp3) is 0.949. The van der Waals surface area contributed by atoms with Gasteiger partial charge in [0.25, 0.3) is 0 Å². The van der Waals surface area contributed by atoms with Gasteiger partial charge in [-0.25, -0.2) is 0 Å². The summed E-state index contributed by atoms with van der Waals surface area (Å²) in [6.45, 7) is 10.1. The quantitative estimate of drug-likeness (QED) is 0.0463. The predicted molar refractivity (Wildman–Crippen MR) is 183 cm³/mol. The van der Waals surface area contributed by atoms with E-state index in [0.717, 1.165) is 50.4 Å². The van der Waals surface area contributed by atoms with E-state index in [1.54, 1.807) is 0 Å². The monoisotopic (exact) mass is 607 g/mol. The van der Waals surface area contributed by atoms with Gasteiger partial charge in [0, 0.05) is 0 Å². The molecule has 0 aliphatic heterocycles. The number of unbranched alkanes of at least 4 members (excludes halogenated alkanes) is 20. The number of ether oxygens (including phenoxy) is 2. The minimum absolute atomic E-state index is 0.330. The molecular weight excluding hydrogens is 532 g/mol. The molecule has 0 heterocycles. The van der Waals surface area contributed by atoms with Crippen molar-refractivity contribution < 1.29 is 19.1 Å². The Morgan fingerprint density at radius 3 is 0.977 bits per heavy atom. The molecule has 4 nitrogen and oxygen atoms in total. The van der Waals surface area contributed by atoms with Crippen molar-refractivity contribution in [3.05, 3.63) is 0 Å². The summed E-state index contributed by atoms with van der Waals surface area (Å²) >= 11 is 0. The van der Waals surface area contributed by atoms with Crippen LogP contribution in [-0.2, 0) is 19.1 Å². The van der Waals surface area contributed by atoms with E-state index in [4.69, 9.17) is 9.47 Å². The summed E-state index contributed by atoms with van der Waals surface area (Å²) in [5.74, 6) is 1.03. The minimum atomic E-state index is -1.04. The molecule has 0 N–H and O–H groups in total. The van der Waals surface area contributed by atoms with Crippen molar-refractivity contribution in [1.29, 1.82) is 0 Å². The van der Waals surface area contributed by atoms with Crippen LogP contribution >= 0.6 is 0 Å². The Balaban J connectivity index is 2.01. The van der Waals surface area contributed by atoms with Crippen LogP contribution in [0.15, 0.2) is 0 Å². The molecular formula is C39H74O4. The maximum absolute atomic E-state index is 13.0. The molecule has 0 amide bonds. The molecule has 1 aliphatic carbocycles. The number of rotatable bonds is 30. The van der Waals surface area contributed by atoms with Crippen LogP contribution < -0.4 is 0 Å². The number of hydrogen-bond donors (Lipinski definition) is 0. The second kappa shape index (κ2) is 27.3. The molecule has 0 aromatic carbocycles. The number of esters is 2. The molecule has 1 fully saturated rings. The Morgan fingerprint density at radius 1 is 0.442 bits per heavy atom. The van der Waals surface area contributed by atoms with Crippen LogP contribution in [0.1, 0.15) is 207 Å². The summed E-state index contributed by atoms with van der Waals surface area (Å²) < 4.78 is 11.3. The highest BCUT2D eigenvalue weighted by Crippen LogP contribution is 2.40. The summed E-state index contributed by atoms with van der Waals surface area (Å²) in [6.07, 6.45) is 33.9. The zero-order chi connectivity index (χ0) is 31.4. The fourth-order valence-corrected chi connectivity index (χ4v) is 6.57. The van der Waals surface area contributed by atoms with Gasteiger partial charge in [0.05, 0.1) is 13.2 Å². The number of carbonyl (C=O) groups is 2. The van der Waals surface area contributed by atoms with Gasteiger partial charge in [0.2, 0.25) is 0 Å². The van der Waals surface area contributed by atoms with Crippen LogP contribution in [0.3, 0.4) is 0 Å². The van der Waals surface area contributed by atoms with Gasteiger partial charge in [-0.15, -0.1) is 0 Å². The first-order valence-corrected chi connectivity index (χ1v) is 19.2. The summed E-state index contributed by atoms with van der Waals surface area (Å²) in [5.41, 5.74) is -1.04. The largest absolute Gasteiger partial charge is 0.465 e. The van der Waals surface area contributed by atoms with Gasteiger partial charge in [-0.3, -0.25) is 9.59 Å². The van der Waals surface area contributed by atoms with Crippen LogP contribution in [0.5, 0.6) is 0 Å². The molecule has 0 radical (unpaired) electrons. The molecule has 0 spiro atoms. The smallest absolute Gasteiger partial charge is 0.323 e. The summed E-state index contributed by atoms with van der Waals surface area (Å²) in [4.78, 5) is 26.0. The first-order chi connectivity index (χ1) is 20.9. The highest BCUT2D eigenvalue weighted by molar-refractivity contribution is 6.00. The van der Waals surface area contributed by atoms with Crippen molar-refractivity contribution in [1.82, 2.24) is 0 Å². The molecule has 254 valence electrons. The van der Waals surface area contributed by atoms with E-state index in [0.29, 0.717) is 26.1 Å². The van der Waals surface area contributed by atoms with E-state index in [2.05, 4.69) is 27.7 Å². The van der Waals surface area contributed by atoms with Crippen molar-refractivity contribution in [2.24, 2.45) is 17.3 Å². The minimum Gasteiger partial charge on any atom is -0.465 e. The molecule has 4 heteroatoms. The number of carbonyl (C=O) groups excluding carboxylic acids is 2. The molecule has 0 aromatic rings. The van der Waals surface area contributed by atoms with Crippen LogP contribution in [0.4, 0.5) is 0 Å². The lowest BCUT2D eigenvalue weighted by molar-refractivity contribution is -0.172. The highest BCUT2D eigenvalue weighted by Gasteiger charge is 2.50. The van der Waals surface area contributed by atoms with Crippen molar-refractivity contribution in [3.8, 4) is 0 Å². The summed E-state index contributed by atoms with van der Waals surface area (Å²) in [6, 6.07) is 0. The second-order valence-electron chi connectivity index (χ2n) is 14.7. The SMILES string of the molecule is CC(C)CCCCCCCCCCCCCOC(=O)C1(C(=O)OCCCCCCCCCCCCCC(C)C)CCCC1. The molecule has 1 saturated carbocycles. The Morgan fingerprint density at radius 2 is 0.698 bits per heavy atom. The Labute approximate surface area is 268 Å². The lowest BCUT2D eigenvalue weighted by Gasteiger charge is -2.24. The van der Waals surface area contributed by atoms with Crippen molar-refractivity contribution >= 4 is 11.9 Å². The normalized spacial score (nSPS) is 14.6. The van der Waals surface area contributed by atoms with Crippen LogP contribution in [0.25, 0.3) is 0 Å². The van der Waals surface area contributed by atoms with Gasteiger partial charge in [0.1, 0.15) is 0 Å². The standard InChI is InChI=1S/C39H74O4/c1-35(2)29-23-19-15-11-7-5-9-13-17-21-27-33-42-37(40)39(31-25-26-32-39)38(41)43-34-28-22-18-14-10-6-8-12-16-20-24-30-36(3)4/h35-36H,5-34H2,1-4H3. The van der Waals surface area contributed by atoms with Crippen LogP contribution in [0.2, 0.25) is 0 Å². The molecule has 0 atom stereocenters. The van der Waals surface area contributed by atoms with Crippen molar-refractivity contribution in [2.75, 3.05) is 13.2 Å². The predicted octanol–water partition coefficient (Wildman–Crippen LogP) is 12.3. The average molecular weight is 607 g/mol. The highest BCUT2D eigenvalue weighted by atomic mass is 16.6. The van der Waals surface area contributed by atoms with Gasteiger partial charge in [0.15, 0.2) is 5.41 Å².